The van der Waals surface area contributed by atoms with Gasteiger partial charge in [0.15, 0.2) is 0 Å². The molecule has 2 atom stereocenters. The molecular formula is C16H16ClNO2. The monoisotopic (exact) mass is 289 g/mol. The van der Waals surface area contributed by atoms with E-state index in [9.17, 15) is 5.11 Å². The quantitative estimate of drug-likeness (QED) is 0.941. The molecule has 2 aromatic rings. The van der Waals surface area contributed by atoms with Crippen molar-refractivity contribution in [3.05, 3.63) is 64.4 Å². The summed E-state index contributed by atoms with van der Waals surface area (Å²) in [5, 5.41) is 10.9. The molecule has 2 unspecified atom stereocenters. The summed E-state index contributed by atoms with van der Waals surface area (Å²) < 4.78 is 5.81. The van der Waals surface area contributed by atoms with E-state index in [2.05, 4.69) is 17.1 Å². The molecule has 1 aliphatic heterocycles. The van der Waals surface area contributed by atoms with Crippen LogP contribution in [-0.2, 0) is 11.2 Å². The maximum absolute atomic E-state index is 10.3. The van der Waals surface area contributed by atoms with Gasteiger partial charge in [0.1, 0.15) is 0 Å². The van der Waals surface area contributed by atoms with Crippen molar-refractivity contribution in [1.29, 1.82) is 0 Å². The number of rotatable bonds is 3. The number of hydrogen-bond acceptors (Lipinski definition) is 3. The van der Waals surface area contributed by atoms with Gasteiger partial charge in [-0.3, -0.25) is 4.98 Å². The smallest absolute Gasteiger partial charge is 0.0987 e. The molecule has 1 aliphatic rings. The van der Waals surface area contributed by atoms with Crippen LogP contribution in [0.25, 0.3) is 0 Å². The van der Waals surface area contributed by atoms with Gasteiger partial charge in [0.05, 0.1) is 29.5 Å². The zero-order valence-corrected chi connectivity index (χ0v) is 11.8. The van der Waals surface area contributed by atoms with E-state index < -0.39 is 6.10 Å². The van der Waals surface area contributed by atoms with Gasteiger partial charge in [-0.15, -0.1) is 0 Å². The van der Waals surface area contributed by atoms with Gasteiger partial charge in [0.25, 0.3) is 0 Å². The predicted octanol–water partition coefficient (Wildman–Crippen LogP) is 3.47. The molecule has 0 saturated carbocycles. The number of hydrogen-bond donors (Lipinski definition) is 1. The first-order valence-corrected chi connectivity index (χ1v) is 7.11. The first-order valence-electron chi connectivity index (χ1n) is 6.73. The molecule has 0 saturated heterocycles. The van der Waals surface area contributed by atoms with Crippen molar-refractivity contribution in [3.63, 3.8) is 0 Å². The summed E-state index contributed by atoms with van der Waals surface area (Å²) in [4.78, 5) is 4.16. The van der Waals surface area contributed by atoms with Crippen LogP contribution >= 0.6 is 11.6 Å². The van der Waals surface area contributed by atoms with E-state index in [1.54, 1.807) is 18.3 Å². The van der Waals surface area contributed by atoms with Crippen molar-refractivity contribution in [1.82, 2.24) is 4.98 Å². The molecular weight excluding hydrogens is 274 g/mol. The maximum atomic E-state index is 10.3. The largest absolute Gasteiger partial charge is 0.387 e. The lowest BCUT2D eigenvalue weighted by Gasteiger charge is -2.27. The summed E-state index contributed by atoms with van der Waals surface area (Å²) in [5.74, 6) is 0. The average Bonchev–Trinajstić information content (AvgIpc) is 2.48. The fraction of sp³-hybridized carbons (Fsp3) is 0.312. The number of pyridine rings is 1. The molecule has 1 N–H and O–H groups in total. The fourth-order valence-corrected chi connectivity index (χ4v) is 2.69. The van der Waals surface area contributed by atoms with Crippen molar-refractivity contribution in [3.8, 4) is 0 Å². The highest BCUT2D eigenvalue weighted by Crippen LogP contribution is 2.33. The lowest BCUT2D eigenvalue weighted by molar-refractivity contribution is 0.00282. The molecule has 0 radical (unpaired) electrons. The molecule has 1 aromatic heterocycles. The number of nitrogens with zero attached hydrogens (tertiary/aromatic N) is 1. The third-order valence-corrected chi connectivity index (χ3v) is 3.84. The number of aromatic nitrogens is 1. The normalized spacial score (nSPS) is 19.4. The van der Waals surface area contributed by atoms with Gasteiger partial charge in [0.2, 0.25) is 0 Å². The van der Waals surface area contributed by atoms with Crippen LogP contribution in [0.4, 0.5) is 0 Å². The number of aliphatic hydroxyl groups is 1. The molecule has 0 bridgehead atoms. The summed E-state index contributed by atoms with van der Waals surface area (Å²) in [7, 11) is 0. The van der Waals surface area contributed by atoms with Crippen molar-refractivity contribution in [2.45, 2.75) is 25.0 Å². The first-order chi connectivity index (χ1) is 9.74. The second-order valence-corrected chi connectivity index (χ2v) is 5.40. The third kappa shape index (κ3) is 2.85. The van der Waals surface area contributed by atoms with Crippen molar-refractivity contribution in [2.24, 2.45) is 0 Å². The molecule has 3 nitrogen and oxygen atoms in total. The minimum atomic E-state index is -0.650. The molecule has 20 heavy (non-hydrogen) atoms. The summed E-state index contributed by atoms with van der Waals surface area (Å²) in [5.41, 5.74) is 3.10. The summed E-state index contributed by atoms with van der Waals surface area (Å²) >= 11 is 5.81. The second kappa shape index (κ2) is 5.92. The summed E-state index contributed by atoms with van der Waals surface area (Å²) in [6.07, 6.45) is 2.26. The highest BCUT2D eigenvalue weighted by molar-refractivity contribution is 6.30. The lowest BCUT2D eigenvalue weighted by atomic mass is 9.93. The Bertz CT molecular complexity index is 585. The highest BCUT2D eigenvalue weighted by Gasteiger charge is 2.24. The van der Waals surface area contributed by atoms with Crippen LogP contribution in [0.3, 0.4) is 0 Å². The topological polar surface area (TPSA) is 42.4 Å². The molecule has 1 aromatic carbocycles. The van der Waals surface area contributed by atoms with E-state index in [0.717, 1.165) is 6.42 Å². The van der Waals surface area contributed by atoms with Gasteiger partial charge >= 0.3 is 0 Å². The number of benzene rings is 1. The first kappa shape index (κ1) is 13.6. The Kier molecular flexibility index (Phi) is 4.01. The van der Waals surface area contributed by atoms with Gasteiger partial charge in [-0.1, -0.05) is 35.9 Å². The summed E-state index contributed by atoms with van der Waals surface area (Å²) in [6.45, 7) is 0.697. The average molecular weight is 290 g/mol. The molecule has 0 amide bonds. The number of fused-ring (bicyclic) bond motifs is 1. The number of ether oxygens (including phenoxy) is 1. The van der Waals surface area contributed by atoms with Crippen molar-refractivity contribution < 1.29 is 9.84 Å². The van der Waals surface area contributed by atoms with E-state index in [1.165, 1.54) is 11.1 Å². The van der Waals surface area contributed by atoms with Crippen LogP contribution in [-0.4, -0.2) is 16.7 Å². The van der Waals surface area contributed by atoms with Crippen LogP contribution < -0.4 is 0 Å². The molecule has 0 aliphatic carbocycles. The Morgan fingerprint density at radius 2 is 2.15 bits per heavy atom. The van der Waals surface area contributed by atoms with Crippen molar-refractivity contribution in [2.75, 3.05) is 6.61 Å². The van der Waals surface area contributed by atoms with E-state index in [-0.39, 0.29) is 6.10 Å². The SMILES string of the molecule is OC(CC1OCCc2ccccc21)c1ccc(Cl)cn1. The minimum absolute atomic E-state index is 0.0765. The van der Waals surface area contributed by atoms with Crippen LogP contribution in [0.5, 0.6) is 0 Å². The van der Waals surface area contributed by atoms with Gasteiger partial charge in [-0.2, -0.15) is 0 Å². The van der Waals surface area contributed by atoms with Crippen LogP contribution in [0.1, 0.15) is 35.4 Å². The van der Waals surface area contributed by atoms with Gasteiger partial charge in [-0.25, -0.2) is 0 Å². The Balaban J connectivity index is 1.77. The maximum Gasteiger partial charge on any atom is 0.0987 e. The standard InChI is InChI=1S/C16H16ClNO2/c17-12-5-6-14(18-10-12)15(19)9-16-13-4-2-1-3-11(13)7-8-20-16/h1-6,10,15-16,19H,7-9H2. The zero-order valence-electron chi connectivity index (χ0n) is 11.0. The lowest BCUT2D eigenvalue weighted by Crippen LogP contribution is -2.18. The summed E-state index contributed by atoms with van der Waals surface area (Å²) in [6, 6.07) is 11.7. The zero-order chi connectivity index (χ0) is 13.9. The van der Waals surface area contributed by atoms with Crippen LogP contribution in [0.15, 0.2) is 42.6 Å². The third-order valence-electron chi connectivity index (χ3n) is 3.62. The molecule has 0 fully saturated rings. The Hall–Kier alpha value is -1.42. The van der Waals surface area contributed by atoms with Gasteiger partial charge in [0, 0.05) is 12.6 Å². The Morgan fingerprint density at radius 1 is 1.30 bits per heavy atom. The Morgan fingerprint density at radius 3 is 2.95 bits per heavy atom. The van der Waals surface area contributed by atoms with E-state index in [4.69, 9.17) is 16.3 Å². The predicted molar refractivity (Wildman–Crippen MR) is 77.7 cm³/mol. The molecule has 104 valence electrons. The fourth-order valence-electron chi connectivity index (χ4n) is 2.58. The van der Waals surface area contributed by atoms with E-state index in [1.807, 2.05) is 12.1 Å². The Labute approximate surface area is 123 Å². The molecule has 4 heteroatoms. The van der Waals surface area contributed by atoms with Crippen molar-refractivity contribution >= 4 is 11.6 Å². The number of halogens is 1. The van der Waals surface area contributed by atoms with E-state index in [0.29, 0.717) is 23.7 Å². The minimum Gasteiger partial charge on any atom is -0.387 e. The van der Waals surface area contributed by atoms with E-state index >= 15 is 0 Å². The highest BCUT2D eigenvalue weighted by atomic mass is 35.5. The number of aliphatic hydroxyl groups excluding tert-OH is 1. The molecule has 3 rings (SSSR count). The van der Waals surface area contributed by atoms with Crippen LogP contribution in [0.2, 0.25) is 5.02 Å². The molecule has 2 heterocycles. The second-order valence-electron chi connectivity index (χ2n) is 4.96. The molecule has 0 spiro atoms. The van der Waals surface area contributed by atoms with Gasteiger partial charge < -0.3 is 9.84 Å². The van der Waals surface area contributed by atoms with Gasteiger partial charge in [-0.05, 0) is 29.7 Å². The van der Waals surface area contributed by atoms with Crippen LogP contribution in [0, 0.1) is 0 Å².